The van der Waals surface area contributed by atoms with Gasteiger partial charge in [-0.15, -0.1) is 10.4 Å². The fraction of sp³-hybridized carbons (Fsp3) is 0.360. The Morgan fingerprint density at radius 3 is 2.41 bits per heavy atom. The summed E-state index contributed by atoms with van der Waals surface area (Å²) >= 11 is 0. The number of pyridine rings is 1. The molecule has 0 saturated heterocycles. The van der Waals surface area contributed by atoms with Gasteiger partial charge in [-0.3, -0.25) is 14.4 Å². The second kappa shape index (κ2) is 16.6. The Morgan fingerprint density at radius 2 is 1.79 bits per heavy atom. The van der Waals surface area contributed by atoms with Gasteiger partial charge in [0, 0.05) is 12.6 Å². The molecule has 11 nitrogen and oxygen atoms in total. The summed E-state index contributed by atoms with van der Waals surface area (Å²) in [7, 11) is -1.60. The van der Waals surface area contributed by atoms with Gasteiger partial charge in [0.15, 0.2) is 0 Å². The largest absolute Gasteiger partial charge is 0.493 e. The highest BCUT2D eigenvalue weighted by Crippen LogP contribution is 2.25. The van der Waals surface area contributed by atoms with Crippen LogP contribution in [0.1, 0.15) is 35.3 Å². The maximum absolute atomic E-state index is 13.2. The van der Waals surface area contributed by atoms with Gasteiger partial charge in [-0.05, 0) is 49.8 Å². The number of benzene rings is 1. The quantitative estimate of drug-likeness (QED) is 0.0518. The van der Waals surface area contributed by atoms with Crippen LogP contribution >= 0.6 is 20.3 Å². The van der Waals surface area contributed by atoms with Crippen LogP contribution in [0.5, 0.6) is 5.88 Å². The zero-order chi connectivity index (χ0) is 28.8. The zero-order valence-electron chi connectivity index (χ0n) is 21.7. The summed E-state index contributed by atoms with van der Waals surface area (Å²) in [6.07, 6.45) is 5.15. The number of nitrogens with one attached hydrogen (secondary N) is 3. The Morgan fingerprint density at radius 1 is 1.08 bits per heavy atom. The predicted molar refractivity (Wildman–Crippen MR) is 157 cm³/mol. The first-order valence-corrected chi connectivity index (χ1v) is 16.1. The molecular weight excluding hydrogens is 541 g/mol. The molecule has 0 fully saturated rings. The lowest BCUT2D eigenvalue weighted by molar-refractivity contribution is -0.123. The van der Waals surface area contributed by atoms with E-state index in [9.17, 15) is 34.8 Å². The summed E-state index contributed by atoms with van der Waals surface area (Å²) in [4.78, 5) is 42.0. The lowest BCUT2D eigenvalue weighted by atomic mass is 9.75. The number of amides is 3. The van der Waals surface area contributed by atoms with Crippen LogP contribution in [0, 0.1) is 11.3 Å². The number of hydrogen-bond donors (Lipinski definition) is 8. The van der Waals surface area contributed by atoms with Gasteiger partial charge in [0.2, 0.25) is 11.8 Å². The minimum absolute atomic E-state index is 0.0892. The molecule has 39 heavy (non-hydrogen) atoms. The summed E-state index contributed by atoms with van der Waals surface area (Å²) in [6, 6.07) is 14.0. The summed E-state index contributed by atoms with van der Waals surface area (Å²) < 4.78 is 0. The molecule has 2 rings (SSSR count). The predicted octanol–water partition coefficient (Wildman–Crippen LogP) is 0.249. The summed E-state index contributed by atoms with van der Waals surface area (Å²) in [6.45, 7) is 0.271. The van der Waals surface area contributed by atoms with E-state index in [-0.39, 0.29) is 35.8 Å². The third-order valence-corrected chi connectivity index (χ3v) is 8.10. The normalized spacial score (nSPS) is 13.1. The van der Waals surface area contributed by atoms with Crippen LogP contribution in [0.25, 0.3) is 0 Å². The third-order valence-electron chi connectivity index (χ3n) is 5.40. The third kappa shape index (κ3) is 11.5. The van der Waals surface area contributed by atoms with Crippen molar-refractivity contribution in [1.29, 1.82) is 5.26 Å². The van der Waals surface area contributed by atoms with E-state index in [0.29, 0.717) is 23.2 Å². The highest BCUT2D eigenvalue weighted by atomic mass is 33.1. The molecule has 0 saturated carbocycles. The van der Waals surface area contributed by atoms with E-state index < -0.39 is 46.7 Å². The molecule has 0 aliphatic rings. The van der Waals surface area contributed by atoms with E-state index in [1.807, 2.05) is 24.6 Å². The van der Waals surface area contributed by atoms with Crippen molar-refractivity contribution in [2.45, 2.75) is 37.7 Å². The molecule has 0 aliphatic carbocycles. The number of thiol groups is 2. The van der Waals surface area contributed by atoms with Crippen LogP contribution in [-0.4, -0.2) is 80.9 Å². The first kappa shape index (κ1) is 31.8. The zero-order valence-corrected chi connectivity index (χ0v) is 23.5. The number of hydrogen-bond acceptors (Lipinski definition) is 8. The number of unbranched alkanes of at least 4 members (excludes halogenated alkanes) is 1. The number of carbonyl (C=O) groups excluding carboxylic acids is 3. The van der Waals surface area contributed by atoms with Crippen LogP contribution < -0.4 is 16.0 Å². The molecule has 2 atom stereocenters. The molecule has 210 valence electrons. The highest BCUT2D eigenvalue weighted by molar-refractivity contribution is 8.84. The van der Waals surface area contributed by atoms with E-state index in [0.717, 1.165) is 5.56 Å². The maximum atomic E-state index is 13.2. The van der Waals surface area contributed by atoms with E-state index >= 15 is 0 Å². The van der Waals surface area contributed by atoms with Crippen molar-refractivity contribution >= 4 is 50.0 Å². The molecular formula is C25H34BN5O6S2. The number of aromatic nitrogens is 1. The number of nitrogens with zero attached hydrogens (tertiary/aromatic N) is 2. The van der Waals surface area contributed by atoms with Crippen molar-refractivity contribution in [2.24, 2.45) is 0 Å². The van der Waals surface area contributed by atoms with Crippen LogP contribution in [0.3, 0.4) is 0 Å². The second-order valence-corrected chi connectivity index (χ2v) is 14.1. The fourth-order valence-corrected chi connectivity index (χ4v) is 5.73. The van der Waals surface area contributed by atoms with Gasteiger partial charge in [-0.2, -0.15) is 5.26 Å². The molecule has 0 unspecified atom stereocenters. The summed E-state index contributed by atoms with van der Waals surface area (Å²) in [5.74, 6) is -3.11. The molecule has 0 spiro atoms. The van der Waals surface area contributed by atoms with Crippen molar-refractivity contribution in [3.05, 3.63) is 59.8 Å². The number of aromatic hydroxyl groups is 1. The second-order valence-electron chi connectivity index (χ2n) is 8.78. The number of carbonyl (C=O) groups is 3. The van der Waals surface area contributed by atoms with Gasteiger partial charge in [-0.1, -0.05) is 36.4 Å². The van der Waals surface area contributed by atoms with Crippen LogP contribution in [0.2, 0.25) is 0 Å². The topological polar surface area (TPSA) is 185 Å². The number of rotatable bonds is 14. The lowest BCUT2D eigenvalue weighted by Crippen LogP contribution is -2.54. The highest BCUT2D eigenvalue weighted by Gasteiger charge is 2.30. The molecule has 0 bridgehead atoms. The molecule has 0 radical (unpaired) electrons. The Labute approximate surface area is 233 Å². The molecule has 3 amide bonds. The molecule has 1 aromatic carbocycles. The smallest absolute Gasteiger partial charge is 0.475 e. The molecule has 1 heterocycles. The van der Waals surface area contributed by atoms with Crippen molar-refractivity contribution in [2.75, 3.05) is 19.1 Å². The van der Waals surface area contributed by atoms with E-state index in [1.54, 1.807) is 24.3 Å². The van der Waals surface area contributed by atoms with Crippen LogP contribution in [0.4, 0.5) is 0 Å². The Hall–Kier alpha value is -3.38. The summed E-state index contributed by atoms with van der Waals surface area (Å²) in [5, 5.41) is 46.4. The van der Waals surface area contributed by atoms with Gasteiger partial charge in [0.1, 0.15) is 22.7 Å². The van der Waals surface area contributed by atoms with Gasteiger partial charge in [0.25, 0.3) is 11.8 Å². The van der Waals surface area contributed by atoms with Gasteiger partial charge < -0.3 is 31.1 Å². The molecule has 0 aliphatic heterocycles. The fourth-order valence-electron chi connectivity index (χ4n) is 3.51. The minimum Gasteiger partial charge on any atom is -0.493 e. The molecule has 6 N–H and O–H groups in total. The number of nitriles is 1. The van der Waals surface area contributed by atoms with Crippen molar-refractivity contribution in [3.63, 3.8) is 0 Å². The van der Waals surface area contributed by atoms with E-state index in [4.69, 9.17) is 0 Å². The average molecular weight is 576 g/mol. The van der Waals surface area contributed by atoms with Gasteiger partial charge in [0.05, 0.1) is 5.94 Å². The molecule has 14 heteroatoms. The summed E-state index contributed by atoms with van der Waals surface area (Å²) in [5.41, 5.74) is 0.691. The van der Waals surface area contributed by atoms with E-state index in [2.05, 4.69) is 20.9 Å². The first-order chi connectivity index (χ1) is 18.6. The monoisotopic (exact) mass is 575 g/mol. The molecule has 2 aromatic rings. The molecule has 1 aromatic heterocycles. The van der Waals surface area contributed by atoms with Crippen molar-refractivity contribution in [3.8, 4) is 11.9 Å². The van der Waals surface area contributed by atoms with Crippen LogP contribution in [0.15, 0.2) is 48.5 Å². The van der Waals surface area contributed by atoms with Gasteiger partial charge in [-0.25, -0.2) is 14.9 Å². The SMILES string of the molecule is C[SH](C)/[SH]=C(\C#N)C(=O)NCCCC[C@H](NC(=O)c1cccc(O)n1)C(=O)N[C@@H](Cc1ccccc1)B(O)O. The Kier molecular flexibility index (Phi) is 13.5. The minimum atomic E-state index is -1.84. The lowest BCUT2D eigenvalue weighted by Gasteiger charge is -2.23. The van der Waals surface area contributed by atoms with Crippen LogP contribution in [-0.2, 0) is 16.0 Å². The van der Waals surface area contributed by atoms with Gasteiger partial charge >= 0.3 is 7.12 Å². The van der Waals surface area contributed by atoms with Crippen molar-refractivity contribution < 1.29 is 29.5 Å². The average Bonchev–Trinajstić information content (AvgIpc) is 2.90. The van der Waals surface area contributed by atoms with E-state index in [1.165, 1.54) is 18.2 Å². The van der Waals surface area contributed by atoms with Crippen molar-refractivity contribution in [1.82, 2.24) is 20.9 Å². The first-order valence-electron chi connectivity index (χ1n) is 12.2. The Bertz CT molecular complexity index is 1190. The Balaban J connectivity index is 2.05. The standard InChI is InChI=1S/C25H34BN5O6S2/c1-39(2)38-20(16-27)25(35)28-14-7-6-11-19(30-23(33)18-12-8-13-22(32)29-18)24(34)31-21(26(36)37)15-17-9-4-3-5-10-17/h3-5,8-10,12-13,19,21,36-39H,6-7,11,14-15H2,1-2H3,(H,28,35)(H,29,32)(H,30,33)(H,31,34)/t19-,21-/m0/s1. The maximum Gasteiger partial charge on any atom is 0.475 e.